The SMILES string of the molecule is C[C@@H]1CN(C(=O)Cc2csc(Cc3ccccc3)n2)CC(C(=O)O)O1. The average Bonchev–Trinajstić information content (AvgIpc) is 3.02. The van der Waals surface area contributed by atoms with E-state index in [0.29, 0.717) is 6.54 Å². The smallest absolute Gasteiger partial charge is 0.334 e. The third-order valence-electron chi connectivity index (χ3n) is 4.02. The minimum atomic E-state index is -1.04. The Balaban J connectivity index is 1.60. The lowest BCUT2D eigenvalue weighted by molar-refractivity contribution is -0.166. The quantitative estimate of drug-likeness (QED) is 0.882. The number of carboxylic acids is 1. The maximum atomic E-state index is 12.5. The van der Waals surface area contributed by atoms with E-state index in [4.69, 9.17) is 9.84 Å². The van der Waals surface area contributed by atoms with Gasteiger partial charge in [0.15, 0.2) is 6.10 Å². The van der Waals surface area contributed by atoms with Crippen LogP contribution >= 0.6 is 11.3 Å². The first-order valence-corrected chi connectivity index (χ1v) is 9.02. The van der Waals surface area contributed by atoms with Crippen molar-refractivity contribution in [3.8, 4) is 0 Å². The predicted octanol–water partition coefficient (Wildman–Crippen LogP) is 1.98. The van der Waals surface area contributed by atoms with Crippen LogP contribution in [0.5, 0.6) is 0 Å². The molecular formula is C18H20N2O4S. The third-order valence-corrected chi connectivity index (χ3v) is 4.92. The van der Waals surface area contributed by atoms with Gasteiger partial charge in [0.05, 0.1) is 29.8 Å². The van der Waals surface area contributed by atoms with Gasteiger partial charge >= 0.3 is 5.97 Å². The van der Waals surface area contributed by atoms with E-state index >= 15 is 0 Å². The number of thiazole rings is 1. The molecule has 1 aromatic heterocycles. The van der Waals surface area contributed by atoms with Crippen LogP contribution in [0.1, 0.15) is 23.2 Å². The normalized spacial score (nSPS) is 20.4. The Kier molecular flexibility index (Phi) is 5.45. The molecule has 3 rings (SSSR count). The van der Waals surface area contributed by atoms with Gasteiger partial charge in [-0.25, -0.2) is 9.78 Å². The average molecular weight is 360 g/mol. The van der Waals surface area contributed by atoms with Crippen LogP contribution in [0.2, 0.25) is 0 Å². The lowest BCUT2D eigenvalue weighted by atomic mass is 10.1. The standard InChI is InChI=1S/C18H20N2O4S/c1-12-9-20(10-15(24-12)18(22)23)17(21)8-14-11-25-16(19-14)7-13-5-3-2-4-6-13/h2-6,11-12,15H,7-10H2,1H3,(H,22,23)/t12-,15?/m1/s1. The Bertz CT molecular complexity index is 747. The van der Waals surface area contributed by atoms with Crippen molar-refractivity contribution in [3.05, 3.63) is 52.0 Å². The zero-order valence-electron chi connectivity index (χ0n) is 13.9. The highest BCUT2D eigenvalue weighted by Gasteiger charge is 2.32. The van der Waals surface area contributed by atoms with E-state index in [-0.39, 0.29) is 25.0 Å². The highest BCUT2D eigenvalue weighted by molar-refractivity contribution is 7.09. The fourth-order valence-corrected chi connectivity index (χ4v) is 3.67. The van der Waals surface area contributed by atoms with Crippen molar-refractivity contribution in [1.82, 2.24) is 9.88 Å². The van der Waals surface area contributed by atoms with Crippen molar-refractivity contribution < 1.29 is 19.4 Å². The number of benzene rings is 1. The second-order valence-electron chi connectivity index (χ2n) is 6.14. The monoisotopic (exact) mass is 360 g/mol. The number of rotatable bonds is 5. The minimum Gasteiger partial charge on any atom is -0.479 e. The van der Waals surface area contributed by atoms with Crippen molar-refractivity contribution in [2.75, 3.05) is 13.1 Å². The molecule has 1 amide bonds. The van der Waals surface area contributed by atoms with Gasteiger partial charge in [0.25, 0.3) is 0 Å². The first kappa shape index (κ1) is 17.6. The molecular weight excluding hydrogens is 340 g/mol. The second-order valence-corrected chi connectivity index (χ2v) is 7.09. The molecule has 2 heterocycles. The second kappa shape index (κ2) is 7.76. The number of nitrogens with zero attached hydrogens (tertiary/aromatic N) is 2. The van der Waals surface area contributed by atoms with Gasteiger partial charge in [-0.2, -0.15) is 0 Å². The molecule has 7 heteroatoms. The van der Waals surface area contributed by atoms with Crippen LogP contribution in [0, 0.1) is 0 Å². The number of carbonyl (C=O) groups is 2. The number of aliphatic carboxylic acids is 1. The molecule has 6 nitrogen and oxygen atoms in total. The van der Waals surface area contributed by atoms with Gasteiger partial charge in [0.1, 0.15) is 0 Å². The summed E-state index contributed by atoms with van der Waals surface area (Å²) in [6.45, 7) is 2.26. The summed E-state index contributed by atoms with van der Waals surface area (Å²) in [5.41, 5.74) is 1.91. The number of carboxylic acid groups (broad SMARTS) is 1. The molecule has 0 bridgehead atoms. The van der Waals surface area contributed by atoms with E-state index < -0.39 is 12.1 Å². The molecule has 25 heavy (non-hydrogen) atoms. The van der Waals surface area contributed by atoms with Crippen LogP contribution in [0.25, 0.3) is 0 Å². The lowest BCUT2D eigenvalue weighted by Gasteiger charge is -2.34. The molecule has 1 saturated heterocycles. The van der Waals surface area contributed by atoms with Crippen LogP contribution in [-0.4, -0.2) is 52.2 Å². The Labute approximate surface area is 150 Å². The van der Waals surface area contributed by atoms with Crippen LogP contribution in [0.4, 0.5) is 0 Å². The van der Waals surface area contributed by atoms with Gasteiger partial charge in [-0.05, 0) is 12.5 Å². The highest BCUT2D eigenvalue weighted by atomic mass is 32.1. The van der Waals surface area contributed by atoms with E-state index in [1.807, 2.05) is 35.7 Å². The third kappa shape index (κ3) is 4.64. The van der Waals surface area contributed by atoms with Crippen molar-refractivity contribution in [3.63, 3.8) is 0 Å². The van der Waals surface area contributed by atoms with Gasteiger partial charge < -0.3 is 14.7 Å². The number of hydrogen-bond donors (Lipinski definition) is 1. The predicted molar refractivity (Wildman–Crippen MR) is 93.6 cm³/mol. The number of carbonyl (C=O) groups excluding carboxylic acids is 1. The number of amides is 1. The number of hydrogen-bond acceptors (Lipinski definition) is 5. The maximum absolute atomic E-state index is 12.5. The fraction of sp³-hybridized carbons (Fsp3) is 0.389. The zero-order valence-corrected chi connectivity index (χ0v) is 14.7. The summed E-state index contributed by atoms with van der Waals surface area (Å²) in [6, 6.07) is 10.1. The first-order chi connectivity index (χ1) is 12.0. The Hall–Kier alpha value is -2.25. The molecule has 2 atom stereocenters. The van der Waals surface area contributed by atoms with E-state index in [1.54, 1.807) is 11.8 Å². The van der Waals surface area contributed by atoms with Crippen LogP contribution in [0.3, 0.4) is 0 Å². The molecule has 1 unspecified atom stereocenters. The van der Waals surface area contributed by atoms with Crippen molar-refractivity contribution in [2.24, 2.45) is 0 Å². The number of aromatic nitrogens is 1. The van der Waals surface area contributed by atoms with Gasteiger partial charge in [0, 0.05) is 18.3 Å². The topological polar surface area (TPSA) is 79.7 Å². The Morgan fingerprint density at radius 1 is 1.32 bits per heavy atom. The molecule has 1 aliphatic heterocycles. The fourth-order valence-electron chi connectivity index (χ4n) is 2.84. The summed E-state index contributed by atoms with van der Waals surface area (Å²) in [4.78, 5) is 29.7. The van der Waals surface area contributed by atoms with Crippen LogP contribution < -0.4 is 0 Å². The molecule has 1 aliphatic rings. The maximum Gasteiger partial charge on any atom is 0.334 e. The molecule has 0 spiro atoms. The van der Waals surface area contributed by atoms with Gasteiger partial charge in [-0.15, -0.1) is 11.3 Å². The summed E-state index contributed by atoms with van der Waals surface area (Å²) in [5, 5.41) is 12.0. The van der Waals surface area contributed by atoms with Gasteiger partial charge in [-0.3, -0.25) is 4.79 Å². The minimum absolute atomic E-state index is 0.0829. The number of morpholine rings is 1. The van der Waals surface area contributed by atoms with E-state index in [2.05, 4.69) is 4.98 Å². The Morgan fingerprint density at radius 2 is 2.08 bits per heavy atom. The molecule has 132 valence electrons. The van der Waals surface area contributed by atoms with Crippen molar-refractivity contribution in [1.29, 1.82) is 0 Å². The zero-order chi connectivity index (χ0) is 17.8. The molecule has 0 saturated carbocycles. The highest BCUT2D eigenvalue weighted by Crippen LogP contribution is 2.17. The summed E-state index contributed by atoms with van der Waals surface area (Å²) >= 11 is 1.54. The van der Waals surface area contributed by atoms with Crippen molar-refractivity contribution >= 4 is 23.2 Å². The van der Waals surface area contributed by atoms with Gasteiger partial charge in [-0.1, -0.05) is 30.3 Å². The largest absolute Gasteiger partial charge is 0.479 e. The summed E-state index contributed by atoms with van der Waals surface area (Å²) in [5.74, 6) is -1.15. The van der Waals surface area contributed by atoms with E-state index in [1.165, 1.54) is 16.9 Å². The van der Waals surface area contributed by atoms with Crippen LogP contribution in [-0.2, 0) is 27.2 Å². The van der Waals surface area contributed by atoms with Crippen molar-refractivity contribution in [2.45, 2.75) is 32.0 Å². The summed E-state index contributed by atoms with van der Waals surface area (Å²) in [6.07, 6.45) is -0.320. The molecule has 1 aromatic carbocycles. The molecule has 0 radical (unpaired) electrons. The number of ether oxygens (including phenoxy) is 1. The molecule has 1 N–H and O–H groups in total. The van der Waals surface area contributed by atoms with Crippen LogP contribution in [0.15, 0.2) is 35.7 Å². The van der Waals surface area contributed by atoms with Gasteiger partial charge in [0.2, 0.25) is 5.91 Å². The summed E-state index contributed by atoms with van der Waals surface area (Å²) in [7, 11) is 0. The Morgan fingerprint density at radius 3 is 2.80 bits per heavy atom. The van der Waals surface area contributed by atoms with E-state index in [0.717, 1.165) is 17.1 Å². The lowest BCUT2D eigenvalue weighted by Crippen LogP contribution is -2.52. The van der Waals surface area contributed by atoms with E-state index in [9.17, 15) is 9.59 Å². The molecule has 1 fully saturated rings. The molecule has 2 aromatic rings. The molecule has 0 aliphatic carbocycles. The first-order valence-electron chi connectivity index (χ1n) is 8.14. The summed E-state index contributed by atoms with van der Waals surface area (Å²) < 4.78 is 5.34.